The Hall–Kier alpha value is -4.78. The second-order valence-corrected chi connectivity index (χ2v) is 8.48. The van der Waals surface area contributed by atoms with Crippen molar-refractivity contribution in [2.45, 2.75) is 19.9 Å². The molecule has 1 amide bonds. The highest BCUT2D eigenvalue weighted by molar-refractivity contribution is 5.91. The van der Waals surface area contributed by atoms with Crippen LogP contribution in [0.25, 0.3) is 22.6 Å². The average molecular weight is 491 g/mol. The fourth-order valence-corrected chi connectivity index (χ4v) is 3.92. The van der Waals surface area contributed by atoms with Crippen LogP contribution in [0.15, 0.2) is 102 Å². The lowest BCUT2D eigenvalue weighted by Gasteiger charge is -2.08. The molecule has 7 heteroatoms. The summed E-state index contributed by atoms with van der Waals surface area (Å²) in [5.74, 6) is 1.84. The summed E-state index contributed by atoms with van der Waals surface area (Å²) in [6.45, 7) is 2.74. The van der Waals surface area contributed by atoms with Gasteiger partial charge in [-0.3, -0.25) is 9.78 Å². The van der Waals surface area contributed by atoms with Gasteiger partial charge in [0, 0.05) is 30.9 Å². The van der Waals surface area contributed by atoms with Crippen molar-refractivity contribution in [3.05, 3.63) is 120 Å². The molecule has 7 nitrogen and oxygen atoms in total. The van der Waals surface area contributed by atoms with Gasteiger partial charge in [0.2, 0.25) is 5.89 Å². The molecule has 0 fully saturated rings. The standard InChI is InChI=1S/C30H26N4O3/c1-21-27(34-30(37-21)25-12-10-24(11-13-25)23-7-3-2-4-8-23)14-17-36-26-9-5-6-22(18-26)19-33-29(35)28-20-31-15-16-32-28/h2-13,15-16,18,20H,14,17,19H2,1H3,(H,33,35). The van der Waals surface area contributed by atoms with Crippen LogP contribution in [0.4, 0.5) is 0 Å². The summed E-state index contributed by atoms with van der Waals surface area (Å²) in [5.41, 5.74) is 5.34. The topological polar surface area (TPSA) is 90.1 Å². The minimum atomic E-state index is -0.272. The number of hydrogen-bond donors (Lipinski definition) is 1. The first kappa shape index (κ1) is 23.9. The third kappa shape index (κ3) is 6.08. The Kier molecular flexibility index (Phi) is 7.31. The number of aromatic nitrogens is 3. The number of benzene rings is 3. The summed E-state index contributed by atoms with van der Waals surface area (Å²) in [4.78, 5) is 24.8. The average Bonchev–Trinajstić information content (AvgIpc) is 3.33. The van der Waals surface area contributed by atoms with Crippen LogP contribution in [0, 0.1) is 6.92 Å². The first-order chi connectivity index (χ1) is 18.2. The largest absolute Gasteiger partial charge is 0.493 e. The van der Waals surface area contributed by atoms with Gasteiger partial charge in [-0.2, -0.15) is 0 Å². The monoisotopic (exact) mass is 490 g/mol. The van der Waals surface area contributed by atoms with Crippen molar-refractivity contribution < 1.29 is 13.9 Å². The number of nitrogens with zero attached hydrogens (tertiary/aromatic N) is 3. The van der Waals surface area contributed by atoms with Crippen molar-refractivity contribution in [2.75, 3.05) is 6.61 Å². The van der Waals surface area contributed by atoms with Crippen LogP contribution in [0.5, 0.6) is 5.75 Å². The molecular formula is C30H26N4O3. The molecule has 2 heterocycles. The molecule has 0 atom stereocenters. The van der Waals surface area contributed by atoms with Crippen LogP contribution in [-0.2, 0) is 13.0 Å². The molecule has 37 heavy (non-hydrogen) atoms. The zero-order valence-electron chi connectivity index (χ0n) is 20.4. The minimum Gasteiger partial charge on any atom is -0.493 e. The Morgan fingerprint density at radius 2 is 1.70 bits per heavy atom. The van der Waals surface area contributed by atoms with E-state index in [1.54, 1.807) is 0 Å². The van der Waals surface area contributed by atoms with Gasteiger partial charge in [0.05, 0.1) is 18.5 Å². The van der Waals surface area contributed by atoms with Crippen molar-refractivity contribution in [1.82, 2.24) is 20.3 Å². The predicted molar refractivity (Wildman–Crippen MR) is 141 cm³/mol. The maximum atomic E-state index is 12.2. The SMILES string of the molecule is Cc1oc(-c2ccc(-c3ccccc3)cc2)nc1CCOc1cccc(CNC(=O)c2cnccn2)c1. The highest BCUT2D eigenvalue weighted by atomic mass is 16.5. The Morgan fingerprint density at radius 1 is 0.919 bits per heavy atom. The second kappa shape index (κ2) is 11.3. The van der Waals surface area contributed by atoms with Crippen LogP contribution < -0.4 is 10.1 Å². The molecule has 3 aromatic carbocycles. The Bertz CT molecular complexity index is 1470. The van der Waals surface area contributed by atoms with E-state index >= 15 is 0 Å². The van der Waals surface area contributed by atoms with Gasteiger partial charge >= 0.3 is 0 Å². The third-order valence-corrected chi connectivity index (χ3v) is 5.89. The zero-order chi connectivity index (χ0) is 25.5. The van der Waals surface area contributed by atoms with E-state index < -0.39 is 0 Å². The summed E-state index contributed by atoms with van der Waals surface area (Å²) in [5, 5.41) is 2.84. The number of aryl methyl sites for hydroxylation is 1. The van der Waals surface area contributed by atoms with Gasteiger partial charge in [0.1, 0.15) is 17.2 Å². The van der Waals surface area contributed by atoms with Crippen LogP contribution >= 0.6 is 0 Å². The first-order valence-electron chi connectivity index (χ1n) is 12.0. The van der Waals surface area contributed by atoms with Crippen LogP contribution in [0.3, 0.4) is 0 Å². The Labute approximate surface area is 215 Å². The van der Waals surface area contributed by atoms with Crippen molar-refractivity contribution in [3.8, 4) is 28.3 Å². The molecule has 0 unspecified atom stereocenters. The number of carbonyl (C=O) groups is 1. The number of hydrogen-bond acceptors (Lipinski definition) is 6. The summed E-state index contributed by atoms with van der Waals surface area (Å²) in [6.07, 6.45) is 5.07. The number of ether oxygens (including phenoxy) is 1. The van der Waals surface area contributed by atoms with E-state index in [0.29, 0.717) is 25.5 Å². The molecule has 0 saturated carbocycles. The van der Waals surface area contributed by atoms with Crippen LogP contribution in [-0.4, -0.2) is 27.5 Å². The van der Waals surface area contributed by atoms with E-state index in [4.69, 9.17) is 14.1 Å². The van der Waals surface area contributed by atoms with Gasteiger partial charge in [-0.15, -0.1) is 0 Å². The van der Waals surface area contributed by atoms with Crippen molar-refractivity contribution in [3.63, 3.8) is 0 Å². The Morgan fingerprint density at radius 3 is 2.49 bits per heavy atom. The second-order valence-electron chi connectivity index (χ2n) is 8.48. The lowest BCUT2D eigenvalue weighted by molar-refractivity contribution is 0.0945. The maximum Gasteiger partial charge on any atom is 0.271 e. The van der Waals surface area contributed by atoms with E-state index in [1.807, 2.05) is 61.5 Å². The van der Waals surface area contributed by atoms with Crippen molar-refractivity contribution >= 4 is 5.91 Å². The minimum absolute atomic E-state index is 0.272. The number of rotatable bonds is 9. The van der Waals surface area contributed by atoms with E-state index in [2.05, 4.69) is 39.6 Å². The first-order valence-corrected chi connectivity index (χ1v) is 12.0. The molecule has 184 valence electrons. The lowest BCUT2D eigenvalue weighted by Crippen LogP contribution is -2.23. The quantitative estimate of drug-likeness (QED) is 0.287. The molecule has 0 saturated heterocycles. The molecule has 0 radical (unpaired) electrons. The van der Waals surface area contributed by atoms with Gasteiger partial charge < -0.3 is 14.5 Å². The fourth-order valence-electron chi connectivity index (χ4n) is 3.92. The van der Waals surface area contributed by atoms with Gasteiger partial charge in [-0.1, -0.05) is 54.6 Å². The fraction of sp³-hybridized carbons (Fsp3) is 0.133. The Balaban J connectivity index is 1.16. The smallest absolute Gasteiger partial charge is 0.271 e. The molecule has 2 aromatic heterocycles. The molecule has 0 aliphatic rings. The van der Waals surface area contributed by atoms with Crippen molar-refractivity contribution in [1.29, 1.82) is 0 Å². The molecular weight excluding hydrogens is 464 g/mol. The van der Waals surface area contributed by atoms with E-state index in [-0.39, 0.29) is 11.6 Å². The molecule has 5 rings (SSSR count). The molecule has 0 aliphatic carbocycles. The predicted octanol–water partition coefficient (Wildman–Crippen LogP) is 5.66. The molecule has 0 aliphatic heterocycles. The van der Waals surface area contributed by atoms with Gasteiger partial charge in [-0.05, 0) is 47.9 Å². The molecule has 1 N–H and O–H groups in total. The zero-order valence-corrected chi connectivity index (χ0v) is 20.4. The van der Waals surface area contributed by atoms with Gasteiger partial charge in [-0.25, -0.2) is 9.97 Å². The highest BCUT2D eigenvalue weighted by Crippen LogP contribution is 2.26. The molecule has 0 bridgehead atoms. The number of nitrogens with one attached hydrogen (secondary N) is 1. The number of oxazole rings is 1. The third-order valence-electron chi connectivity index (χ3n) is 5.89. The van der Waals surface area contributed by atoms with E-state index in [9.17, 15) is 4.79 Å². The number of carbonyl (C=O) groups excluding carboxylic acids is 1. The summed E-state index contributed by atoms with van der Waals surface area (Å²) >= 11 is 0. The van der Waals surface area contributed by atoms with Crippen LogP contribution in [0.1, 0.15) is 27.5 Å². The lowest BCUT2D eigenvalue weighted by atomic mass is 10.0. The number of amides is 1. The van der Waals surface area contributed by atoms with E-state index in [0.717, 1.165) is 33.9 Å². The van der Waals surface area contributed by atoms with E-state index in [1.165, 1.54) is 24.2 Å². The van der Waals surface area contributed by atoms with Crippen molar-refractivity contribution in [2.24, 2.45) is 0 Å². The molecule has 5 aromatic rings. The normalized spacial score (nSPS) is 10.7. The maximum absolute atomic E-state index is 12.2. The highest BCUT2D eigenvalue weighted by Gasteiger charge is 2.12. The summed E-state index contributed by atoms with van der Waals surface area (Å²) < 4.78 is 11.9. The summed E-state index contributed by atoms with van der Waals surface area (Å²) in [7, 11) is 0. The summed E-state index contributed by atoms with van der Waals surface area (Å²) in [6, 6.07) is 26.1. The molecule has 0 spiro atoms. The van der Waals surface area contributed by atoms with Gasteiger partial charge in [0.15, 0.2) is 0 Å². The van der Waals surface area contributed by atoms with Gasteiger partial charge in [0.25, 0.3) is 5.91 Å². The van der Waals surface area contributed by atoms with Crippen LogP contribution in [0.2, 0.25) is 0 Å².